The molecule has 0 unspecified atom stereocenters. The van der Waals surface area contributed by atoms with Crippen LogP contribution < -0.4 is 11.1 Å². The van der Waals surface area contributed by atoms with E-state index in [1.54, 1.807) is 34.6 Å². The number of oxime groups is 1. The number of ether oxygens (including phenoxy) is 1. The lowest BCUT2D eigenvalue weighted by molar-refractivity contribution is 0.0515. The third kappa shape index (κ3) is 8.74. The molecule has 0 heterocycles. The van der Waals surface area contributed by atoms with Crippen molar-refractivity contribution in [2.75, 3.05) is 13.2 Å². The quantitative estimate of drug-likeness (QED) is 0.235. The second-order valence-electron chi connectivity index (χ2n) is 7.73. The van der Waals surface area contributed by atoms with Crippen LogP contribution in [0.2, 0.25) is 0 Å². The molecule has 8 nitrogen and oxygen atoms in total. The van der Waals surface area contributed by atoms with Crippen LogP contribution in [0.1, 0.15) is 45.7 Å². The van der Waals surface area contributed by atoms with E-state index in [0.29, 0.717) is 6.42 Å². The van der Waals surface area contributed by atoms with E-state index in [0.717, 1.165) is 11.1 Å². The van der Waals surface area contributed by atoms with E-state index in [-0.39, 0.29) is 19.0 Å². The number of carbonyl (C=O) groups excluding carboxylic acids is 1. The van der Waals surface area contributed by atoms with Gasteiger partial charge in [0.2, 0.25) is 0 Å². The Hall–Kier alpha value is -2.32. The van der Waals surface area contributed by atoms with Gasteiger partial charge in [-0.15, -0.1) is 0 Å². The second-order valence-corrected chi connectivity index (χ2v) is 7.73. The molecule has 0 saturated carbocycles. The number of amidine groups is 1. The Morgan fingerprint density at radius 1 is 1.22 bits per heavy atom. The van der Waals surface area contributed by atoms with Crippen molar-refractivity contribution in [2.45, 2.75) is 58.3 Å². The fourth-order valence-electron chi connectivity index (χ4n) is 2.19. The van der Waals surface area contributed by atoms with E-state index in [1.807, 2.05) is 24.3 Å². The summed E-state index contributed by atoms with van der Waals surface area (Å²) in [6, 6.07) is 6.66. The maximum Gasteiger partial charge on any atom is 0.408 e. The predicted molar refractivity (Wildman–Crippen MR) is 103 cm³/mol. The maximum absolute atomic E-state index is 12.1. The summed E-state index contributed by atoms with van der Waals surface area (Å²) in [6.07, 6.45) is -0.274. The Bertz CT molecular complexity index is 630. The number of amides is 1. The summed E-state index contributed by atoms with van der Waals surface area (Å²) < 4.78 is 5.27. The van der Waals surface area contributed by atoms with Gasteiger partial charge in [-0.3, -0.25) is 0 Å². The Kier molecular flexibility index (Phi) is 8.05. The molecule has 0 aliphatic heterocycles. The molecule has 1 aromatic carbocycles. The van der Waals surface area contributed by atoms with Crippen LogP contribution in [-0.2, 0) is 21.6 Å². The molecule has 152 valence electrons. The molecular formula is C19H31N3O5. The lowest BCUT2D eigenvalue weighted by atomic mass is 9.95. The highest BCUT2D eigenvalue weighted by Gasteiger charge is 2.23. The maximum atomic E-state index is 12.1. The number of aliphatic hydroxyl groups excluding tert-OH is 1. The molecule has 0 aliphatic carbocycles. The van der Waals surface area contributed by atoms with Gasteiger partial charge in [-0.1, -0.05) is 29.4 Å². The van der Waals surface area contributed by atoms with Crippen LogP contribution in [0.5, 0.6) is 0 Å². The van der Waals surface area contributed by atoms with Gasteiger partial charge >= 0.3 is 6.09 Å². The zero-order chi connectivity index (χ0) is 20.7. The molecule has 0 aromatic heterocycles. The lowest BCUT2D eigenvalue weighted by Gasteiger charge is -2.23. The van der Waals surface area contributed by atoms with Crippen LogP contribution in [0.3, 0.4) is 0 Å². The molecule has 0 spiro atoms. The highest BCUT2D eigenvalue weighted by Crippen LogP contribution is 2.20. The van der Waals surface area contributed by atoms with Crippen molar-refractivity contribution < 1.29 is 24.6 Å². The number of alkyl carbamates (subject to hydrolysis) is 1. The fraction of sp³-hybridized carbons (Fsp3) is 0.579. The Labute approximate surface area is 160 Å². The van der Waals surface area contributed by atoms with E-state index in [2.05, 4.69) is 10.5 Å². The highest BCUT2D eigenvalue weighted by molar-refractivity contribution is 5.88. The van der Waals surface area contributed by atoms with Crippen LogP contribution in [-0.4, -0.2) is 47.0 Å². The number of nitrogens with one attached hydrogen (secondary N) is 1. The van der Waals surface area contributed by atoms with Gasteiger partial charge in [0.1, 0.15) is 12.2 Å². The monoisotopic (exact) mass is 381 g/mol. The molecule has 1 amide bonds. The fourth-order valence-corrected chi connectivity index (χ4v) is 2.19. The minimum absolute atomic E-state index is 0.000136. The standard InChI is InChI=1S/C19H31N3O5/c1-18(2,3)27-17(24)21-15(16(20)22-26-11-10-23)12-13-6-8-14(9-7-13)19(4,5)25/h6-9,15,23,25H,10-12H2,1-5H3,(H2,20,22)(H,21,24)/t15-/m0/s1. The Morgan fingerprint density at radius 2 is 1.81 bits per heavy atom. The van der Waals surface area contributed by atoms with Gasteiger partial charge in [0.05, 0.1) is 18.2 Å². The molecule has 1 atom stereocenters. The van der Waals surface area contributed by atoms with Crippen LogP contribution in [0.15, 0.2) is 29.4 Å². The molecule has 27 heavy (non-hydrogen) atoms. The second kappa shape index (κ2) is 9.57. The van der Waals surface area contributed by atoms with Gasteiger partial charge in [-0.25, -0.2) is 4.79 Å². The summed E-state index contributed by atoms with van der Waals surface area (Å²) in [5.74, 6) is 0.0564. The van der Waals surface area contributed by atoms with Gasteiger partial charge in [-0.2, -0.15) is 0 Å². The van der Waals surface area contributed by atoms with Crippen LogP contribution in [0, 0.1) is 0 Å². The Morgan fingerprint density at radius 3 is 2.30 bits per heavy atom. The summed E-state index contributed by atoms with van der Waals surface area (Å²) in [5.41, 5.74) is 6.01. The minimum atomic E-state index is -0.939. The van der Waals surface area contributed by atoms with Crippen molar-refractivity contribution in [2.24, 2.45) is 10.9 Å². The number of hydrogen-bond donors (Lipinski definition) is 4. The minimum Gasteiger partial charge on any atom is -0.444 e. The highest BCUT2D eigenvalue weighted by atomic mass is 16.6. The SMILES string of the molecule is CC(C)(C)OC(=O)N[C@@H](Cc1ccc(C(C)(C)O)cc1)/C(N)=N/OCCO. The van der Waals surface area contributed by atoms with Crippen LogP contribution in [0.4, 0.5) is 4.79 Å². The molecular weight excluding hydrogens is 350 g/mol. The molecule has 0 saturated heterocycles. The van der Waals surface area contributed by atoms with E-state index < -0.39 is 23.3 Å². The number of carbonyl (C=O) groups is 1. The number of aliphatic hydroxyl groups is 2. The van der Waals surface area contributed by atoms with Crippen molar-refractivity contribution in [3.63, 3.8) is 0 Å². The van der Waals surface area contributed by atoms with E-state index in [1.165, 1.54) is 0 Å². The predicted octanol–water partition coefficient (Wildman–Crippen LogP) is 1.63. The average molecular weight is 381 g/mol. The molecule has 8 heteroatoms. The zero-order valence-electron chi connectivity index (χ0n) is 16.7. The van der Waals surface area contributed by atoms with Crippen LogP contribution >= 0.6 is 0 Å². The van der Waals surface area contributed by atoms with Gasteiger partial charge in [0.25, 0.3) is 0 Å². The number of rotatable bonds is 8. The third-order valence-electron chi connectivity index (χ3n) is 3.50. The van der Waals surface area contributed by atoms with Gasteiger partial charge in [0, 0.05) is 6.42 Å². The summed E-state index contributed by atoms with van der Waals surface area (Å²) in [4.78, 5) is 17.0. The van der Waals surface area contributed by atoms with Gasteiger partial charge in [-0.05, 0) is 45.7 Å². The summed E-state index contributed by atoms with van der Waals surface area (Å²) in [5, 5.41) is 25.2. The number of nitrogens with zero attached hydrogens (tertiary/aromatic N) is 1. The van der Waals surface area contributed by atoms with Crippen molar-refractivity contribution >= 4 is 11.9 Å². The van der Waals surface area contributed by atoms with Crippen molar-refractivity contribution in [3.8, 4) is 0 Å². The van der Waals surface area contributed by atoms with Crippen molar-refractivity contribution in [3.05, 3.63) is 35.4 Å². The van der Waals surface area contributed by atoms with E-state index in [4.69, 9.17) is 20.4 Å². The molecule has 0 radical (unpaired) electrons. The van der Waals surface area contributed by atoms with E-state index >= 15 is 0 Å². The third-order valence-corrected chi connectivity index (χ3v) is 3.50. The van der Waals surface area contributed by atoms with Crippen molar-refractivity contribution in [1.29, 1.82) is 0 Å². The first-order valence-electron chi connectivity index (χ1n) is 8.80. The molecule has 1 rings (SSSR count). The van der Waals surface area contributed by atoms with Crippen molar-refractivity contribution in [1.82, 2.24) is 5.32 Å². The number of benzene rings is 1. The zero-order valence-corrected chi connectivity index (χ0v) is 16.7. The Balaban J connectivity index is 2.93. The summed E-state index contributed by atoms with van der Waals surface area (Å²) in [6.45, 7) is 8.51. The average Bonchev–Trinajstić information content (AvgIpc) is 2.52. The number of nitrogens with two attached hydrogens (primary N) is 1. The molecule has 1 aromatic rings. The molecule has 5 N–H and O–H groups in total. The topological polar surface area (TPSA) is 126 Å². The largest absolute Gasteiger partial charge is 0.444 e. The molecule has 0 aliphatic rings. The summed E-state index contributed by atoms with van der Waals surface area (Å²) >= 11 is 0. The smallest absolute Gasteiger partial charge is 0.408 e. The van der Waals surface area contributed by atoms with Gasteiger partial charge < -0.3 is 30.8 Å². The molecule has 0 bridgehead atoms. The first kappa shape index (κ1) is 22.7. The number of hydrogen-bond acceptors (Lipinski definition) is 6. The first-order chi connectivity index (χ1) is 12.4. The van der Waals surface area contributed by atoms with Crippen LogP contribution in [0.25, 0.3) is 0 Å². The molecule has 0 fully saturated rings. The van der Waals surface area contributed by atoms with Gasteiger partial charge in [0.15, 0.2) is 5.84 Å². The summed E-state index contributed by atoms with van der Waals surface area (Å²) in [7, 11) is 0. The normalized spacial score (nSPS) is 13.8. The van der Waals surface area contributed by atoms with E-state index in [9.17, 15) is 9.90 Å². The lowest BCUT2D eigenvalue weighted by Crippen LogP contribution is -2.47. The first-order valence-corrected chi connectivity index (χ1v) is 8.80.